The number of aromatic nitrogens is 4. The van der Waals surface area contributed by atoms with Gasteiger partial charge < -0.3 is 50.9 Å². The van der Waals surface area contributed by atoms with Crippen molar-refractivity contribution in [3.05, 3.63) is 24.8 Å². The summed E-state index contributed by atoms with van der Waals surface area (Å²) in [6, 6.07) is 0. The average molecular weight is 976 g/mol. The van der Waals surface area contributed by atoms with E-state index in [9.17, 15) is 57.9 Å². The van der Waals surface area contributed by atoms with Gasteiger partial charge in [-0.05, 0) is 18.9 Å². The number of fused-ring (bicyclic) bond motifs is 1. The van der Waals surface area contributed by atoms with Crippen LogP contribution in [0.1, 0.15) is 97.6 Å². The predicted molar refractivity (Wildman–Crippen MR) is 228 cm³/mol. The van der Waals surface area contributed by atoms with Crippen LogP contribution >= 0.6 is 35.2 Å². The first-order valence-electron chi connectivity index (χ1n) is 20.3. The Morgan fingerprint density at radius 1 is 0.968 bits per heavy atom. The number of rotatable bonds is 30. The summed E-state index contributed by atoms with van der Waals surface area (Å²) >= 11 is 1.06. The quantitative estimate of drug-likeness (QED) is 0.0308. The average Bonchev–Trinajstić information content (AvgIpc) is 3.76. The molecule has 0 bridgehead atoms. The Morgan fingerprint density at radius 2 is 1.62 bits per heavy atom. The van der Waals surface area contributed by atoms with Gasteiger partial charge in [0.05, 0.1) is 19.5 Å². The molecule has 0 saturated carbocycles. The highest BCUT2D eigenvalue weighted by Gasteiger charge is 2.50. The standard InChI is InChI=1S/C35H60N7O17P3S/c1-4-5-6-7-8-9-10-11-12-13-14-15-26(44)63-19-18-37-25(43)16-17-38-33(47)30(46)35(2,3)21-56-62(53,54)59-61(51,52)55-20-24-29(58-60(48,49)50)28(45)34(57-24)42-23-41-27-31(36)39-22-40-32(27)42/h14-15,22-24,28-30,34,45-46H,4-13,16-21H2,1-3H3,(H,37,43)(H,38,47)(H,51,52)(H,53,54)(H2,36,39,40)(H2,48,49,50)/b15-14+/t24-,28?,29+,30+,34-/m1/s1. The van der Waals surface area contributed by atoms with Crippen LogP contribution in [0.4, 0.5) is 5.82 Å². The number of hydrogen-bond donors (Lipinski definition) is 9. The largest absolute Gasteiger partial charge is 0.481 e. The van der Waals surface area contributed by atoms with E-state index in [2.05, 4.69) is 41.3 Å². The second-order valence-corrected chi connectivity index (χ2v) is 20.6. The van der Waals surface area contributed by atoms with E-state index in [-0.39, 0.29) is 41.6 Å². The van der Waals surface area contributed by atoms with Crippen molar-refractivity contribution in [1.82, 2.24) is 30.2 Å². The Labute approximate surface area is 368 Å². The summed E-state index contributed by atoms with van der Waals surface area (Å²) in [5.41, 5.74) is 4.28. The summed E-state index contributed by atoms with van der Waals surface area (Å²) in [7, 11) is -16.4. The Balaban J connectivity index is 1.37. The van der Waals surface area contributed by atoms with Gasteiger partial charge in [0.25, 0.3) is 0 Å². The third kappa shape index (κ3) is 19.4. The second-order valence-electron chi connectivity index (χ2n) is 15.3. The van der Waals surface area contributed by atoms with Crippen LogP contribution in [-0.4, -0.2) is 123 Å². The summed E-state index contributed by atoms with van der Waals surface area (Å²) in [5.74, 6) is -1.10. The molecule has 1 saturated heterocycles. The van der Waals surface area contributed by atoms with Gasteiger partial charge in [-0.2, -0.15) is 4.31 Å². The van der Waals surface area contributed by atoms with Crippen molar-refractivity contribution in [1.29, 1.82) is 0 Å². The lowest BCUT2D eigenvalue weighted by atomic mass is 9.87. The molecule has 63 heavy (non-hydrogen) atoms. The van der Waals surface area contributed by atoms with E-state index in [1.165, 1.54) is 58.8 Å². The zero-order chi connectivity index (χ0) is 46.8. The van der Waals surface area contributed by atoms with E-state index in [4.69, 9.17) is 19.5 Å². The number of aliphatic hydroxyl groups excluding tert-OH is 2. The zero-order valence-corrected chi connectivity index (χ0v) is 38.8. The normalized spacial score (nSPS) is 20.7. The lowest BCUT2D eigenvalue weighted by molar-refractivity contribution is -0.137. The Kier molecular flexibility index (Phi) is 22.4. The molecule has 28 heteroatoms. The van der Waals surface area contributed by atoms with Crippen molar-refractivity contribution in [3.8, 4) is 0 Å². The van der Waals surface area contributed by atoms with Gasteiger partial charge >= 0.3 is 23.5 Å². The number of phosphoric acid groups is 3. The third-order valence-electron chi connectivity index (χ3n) is 9.47. The van der Waals surface area contributed by atoms with Crippen LogP contribution in [0.25, 0.3) is 11.2 Å². The number of nitrogens with two attached hydrogens (primary N) is 1. The van der Waals surface area contributed by atoms with Gasteiger partial charge in [-0.25, -0.2) is 28.6 Å². The Bertz CT molecular complexity index is 1970. The monoisotopic (exact) mass is 975 g/mol. The topological polar surface area (TPSA) is 364 Å². The van der Waals surface area contributed by atoms with E-state index in [0.29, 0.717) is 5.75 Å². The van der Waals surface area contributed by atoms with Crippen molar-refractivity contribution in [2.45, 2.75) is 122 Å². The predicted octanol–water partition coefficient (Wildman–Crippen LogP) is 3.14. The van der Waals surface area contributed by atoms with Crippen molar-refractivity contribution < 1.29 is 80.5 Å². The van der Waals surface area contributed by atoms with Crippen LogP contribution in [0, 0.1) is 5.41 Å². The number of unbranched alkanes of at least 4 members (excludes halogenated alkanes) is 9. The molecule has 24 nitrogen and oxygen atoms in total. The molecule has 2 amide bonds. The molecule has 10 N–H and O–H groups in total. The molecule has 1 fully saturated rings. The van der Waals surface area contributed by atoms with E-state index >= 15 is 0 Å². The molecule has 2 aromatic heterocycles. The zero-order valence-electron chi connectivity index (χ0n) is 35.3. The van der Waals surface area contributed by atoms with Gasteiger partial charge in [-0.1, -0.05) is 90.0 Å². The SMILES string of the molecule is CCCCCCCCCCC/C=C/C(=O)SCCNC(=O)CCNC(=O)[C@H](O)C(C)(C)COP(=O)(O)OP(=O)(O)OC[C@H]1O[C@@H](n2cnc3c(N)ncnc32)C(O)[C@H]1OP(=O)(O)O. The molecule has 0 aromatic carbocycles. The van der Waals surface area contributed by atoms with Crippen molar-refractivity contribution >= 4 is 69.1 Å². The third-order valence-corrected chi connectivity index (χ3v) is 13.4. The van der Waals surface area contributed by atoms with Crippen LogP contribution in [0.5, 0.6) is 0 Å². The summed E-state index contributed by atoms with van der Waals surface area (Å²) in [6.07, 6.45) is 8.37. The smallest absolute Gasteiger partial charge is 0.386 e. The minimum atomic E-state index is -5.57. The highest BCUT2D eigenvalue weighted by molar-refractivity contribution is 8.14. The van der Waals surface area contributed by atoms with E-state index in [1.807, 2.05) is 6.08 Å². The van der Waals surface area contributed by atoms with Gasteiger partial charge in [0.15, 0.2) is 17.7 Å². The molecule has 3 rings (SSSR count). The van der Waals surface area contributed by atoms with Crippen molar-refractivity contribution in [2.75, 3.05) is 37.8 Å². The first-order valence-corrected chi connectivity index (χ1v) is 25.8. The number of aliphatic hydroxyl groups is 2. The number of thioether (sulfide) groups is 1. The minimum absolute atomic E-state index is 0.0320. The fraction of sp³-hybridized carbons (Fsp3) is 0.714. The summed E-state index contributed by atoms with van der Waals surface area (Å²) in [5, 5.41) is 26.4. The van der Waals surface area contributed by atoms with Crippen LogP contribution in [-0.2, 0) is 50.7 Å². The Hall–Kier alpha value is -2.70. The first kappa shape index (κ1) is 54.6. The van der Waals surface area contributed by atoms with Crippen molar-refractivity contribution in [3.63, 3.8) is 0 Å². The fourth-order valence-corrected chi connectivity index (χ4v) is 9.51. The summed E-state index contributed by atoms with van der Waals surface area (Å²) in [6.45, 7) is 2.72. The first-order chi connectivity index (χ1) is 29.6. The number of anilines is 1. The molecule has 358 valence electrons. The van der Waals surface area contributed by atoms with E-state index in [1.54, 1.807) is 6.08 Å². The number of amides is 2. The maximum Gasteiger partial charge on any atom is 0.481 e. The molecule has 1 aliphatic rings. The number of phosphoric ester groups is 3. The molecule has 3 heterocycles. The van der Waals surface area contributed by atoms with Crippen LogP contribution in [0.3, 0.4) is 0 Å². The molecule has 2 aromatic rings. The number of imidazole rings is 1. The molecule has 3 unspecified atom stereocenters. The number of allylic oxidation sites excluding steroid dienone is 1. The fourth-order valence-electron chi connectivity index (χ4n) is 6.08. The molecule has 7 atom stereocenters. The van der Waals surface area contributed by atoms with Gasteiger partial charge in [-0.15, -0.1) is 0 Å². The molecule has 0 spiro atoms. The summed E-state index contributed by atoms with van der Waals surface area (Å²) in [4.78, 5) is 88.0. The molecule has 1 aliphatic heterocycles. The number of nitrogen functional groups attached to an aromatic ring is 1. The number of hydrogen-bond acceptors (Lipinski definition) is 18. The lowest BCUT2D eigenvalue weighted by Crippen LogP contribution is -2.46. The molecule has 0 radical (unpaired) electrons. The number of carbonyl (C=O) groups is 3. The lowest BCUT2D eigenvalue weighted by Gasteiger charge is -2.30. The van der Waals surface area contributed by atoms with Gasteiger partial charge in [-0.3, -0.25) is 32.5 Å². The van der Waals surface area contributed by atoms with E-state index < -0.39 is 84.6 Å². The maximum atomic E-state index is 12.7. The Morgan fingerprint density at radius 3 is 2.29 bits per heavy atom. The number of carbonyl (C=O) groups excluding carboxylic acids is 3. The summed E-state index contributed by atoms with van der Waals surface area (Å²) < 4.78 is 62.3. The van der Waals surface area contributed by atoms with Crippen molar-refractivity contribution in [2.24, 2.45) is 5.41 Å². The number of nitrogens with one attached hydrogen (secondary N) is 2. The van der Waals surface area contributed by atoms with Gasteiger partial charge in [0.2, 0.25) is 16.9 Å². The molecular formula is C35H60N7O17P3S. The van der Waals surface area contributed by atoms with Gasteiger partial charge in [0.1, 0.15) is 36.3 Å². The minimum Gasteiger partial charge on any atom is -0.386 e. The highest BCUT2D eigenvalue weighted by atomic mass is 32.2. The van der Waals surface area contributed by atoms with E-state index in [0.717, 1.165) is 48.2 Å². The van der Waals surface area contributed by atoms with Crippen LogP contribution in [0.2, 0.25) is 0 Å². The maximum absolute atomic E-state index is 12.7. The second kappa shape index (κ2) is 25.9. The highest BCUT2D eigenvalue weighted by Crippen LogP contribution is 2.61. The number of nitrogens with zero attached hydrogens (tertiary/aromatic N) is 4. The number of ether oxygens (including phenoxy) is 1. The van der Waals surface area contributed by atoms with Gasteiger partial charge in [0, 0.05) is 30.7 Å². The van der Waals surface area contributed by atoms with Crippen LogP contribution < -0.4 is 16.4 Å². The molecular weight excluding hydrogens is 915 g/mol. The van der Waals surface area contributed by atoms with Crippen LogP contribution in [0.15, 0.2) is 24.8 Å². The molecule has 0 aliphatic carbocycles.